The Morgan fingerprint density at radius 3 is 2.59 bits per heavy atom. The molecule has 9 heteroatoms. The molecule has 2 N–H and O–H groups in total. The topological polar surface area (TPSA) is 89.1 Å². The van der Waals surface area contributed by atoms with Crippen LogP contribution < -0.4 is 20.1 Å². The van der Waals surface area contributed by atoms with Crippen LogP contribution in [0.4, 0.5) is 5.69 Å². The van der Waals surface area contributed by atoms with Crippen LogP contribution in [0.1, 0.15) is 11.6 Å². The van der Waals surface area contributed by atoms with Crippen molar-refractivity contribution in [2.24, 2.45) is 0 Å². The lowest BCUT2D eigenvalue weighted by molar-refractivity contribution is -0.136. The van der Waals surface area contributed by atoms with Gasteiger partial charge in [0, 0.05) is 31.4 Å². The molecule has 154 valence electrons. The van der Waals surface area contributed by atoms with E-state index >= 15 is 0 Å². The van der Waals surface area contributed by atoms with Crippen LogP contribution in [0.25, 0.3) is 0 Å². The minimum atomic E-state index is -0.715. The van der Waals surface area contributed by atoms with Crippen LogP contribution in [0.2, 0.25) is 0 Å². The first-order chi connectivity index (χ1) is 14.2. The highest BCUT2D eigenvalue weighted by Gasteiger charge is 2.25. The number of hydrogen-bond acceptors (Lipinski definition) is 7. The van der Waals surface area contributed by atoms with Gasteiger partial charge in [0.15, 0.2) is 11.5 Å². The Bertz CT molecular complexity index is 852. The molecule has 1 aromatic heterocycles. The van der Waals surface area contributed by atoms with E-state index in [2.05, 4.69) is 20.9 Å². The summed E-state index contributed by atoms with van der Waals surface area (Å²) in [6, 6.07) is 7.11. The van der Waals surface area contributed by atoms with Gasteiger partial charge in [-0.1, -0.05) is 0 Å². The number of anilines is 1. The maximum absolute atomic E-state index is 12.4. The van der Waals surface area contributed by atoms with E-state index in [1.807, 2.05) is 11.4 Å². The highest BCUT2D eigenvalue weighted by molar-refractivity contribution is 7.08. The Kier molecular flexibility index (Phi) is 6.28. The first kappa shape index (κ1) is 19.7. The summed E-state index contributed by atoms with van der Waals surface area (Å²) in [6.07, 6.45) is 0. The smallest absolute Gasteiger partial charge is 0.313 e. The number of nitrogens with zero attached hydrogens (tertiary/aromatic N) is 1. The molecule has 0 aliphatic carbocycles. The normalized spacial score (nSPS) is 17.4. The molecule has 8 nitrogen and oxygen atoms in total. The van der Waals surface area contributed by atoms with Gasteiger partial charge in [-0.15, -0.1) is 0 Å². The maximum Gasteiger partial charge on any atom is 0.313 e. The van der Waals surface area contributed by atoms with E-state index in [1.165, 1.54) is 0 Å². The molecular weight excluding hydrogens is 394 g/mol. The number of ether oxygens (including phenoxy) is 3. The summed E-state index contributed by atoms with van der Waals surface area (Å²) < 4.78 is 16.4. The molecule has 2 aliphatic heterocycles. The molecule has 1 atom stereocenters. The van der Waals surface area contributed by atoms with Crippen LogP contribution in [-0.2, 0) is 14.3 Å². The molecule has 3 heterocycles. The van der Waals surface area contributed by atoms with Gasteiger partial charge in [-0.2, -0.15) is 11.3 Å². The van der Waals surface area contributed by atoms with E-state index < -0.39 is 11.8 Å². The fourth-order valence-electron chi connectivity index (χ4n) is 3.39. The van der Waals surface area contributed by atoms with Gasteiger partial charge in [0.1, 0.15) is 13.2 Å². The lowest BCUT2D eigenvalue weighted by Gasteiger charge is -2.34. The summed E-state index contributed by atoms with van der Waals surface area (Å²) in [5.74, 6) is -0.205. The molecule has 2 aromatic rings. The summed E-state index contributed by atoms with van der Waals surface area (Å²) in [5.41, 5.74) is 1.61. The molecule has 1 saturated heterocycles. The summed E-state index contributed by atoms with van der Waals surface area (Å²) in [5, 5.41) is 9.46. The third-order valence-electron chi connectivity index (χ3n) is 4.88. The molecule has 0 bridgehead atoms. The summed E-state index contributed by atoms with van der Waals surface area (Å²) in [6.45, 7) is 4.22. The van der Waals surface area contributed by atoms with Crippen molar-refractivity contribution < 1.29 is 23.8 Å². The number of amides is 2. The number of thiophene rings is 1. The quantitative estimate of drug-likeness (QED) is 0.719. The zero-order valence-corrected chi connectivity index (χ0v) is 16.7. The summed E-state index contributed by atoms with van der Waals surface area (Å²) in [7, 11) is 0. The third kappa shape index (κ3) is 4.87. The first-order valence-corrected chi connectivity index (χ1v) is 10.5. The zero-order chi connectivity index (χ0) is 20.1. The van der Waals surface area contributed by atoms with E-state index in [0.717, 1.165) is 18.7 Å². The molecule has 29 heavy (non-hydrogen) atoms. The number of nitrogens with one attached hydrogen (secondary N) is 2. The number of fused-ring (bicyclic) bond motifs is 1. The Morgan fingerprint density at radius 1 is 1.03 bits per heavy atom. The van der Waals surface area contributed by atoms with E-state index in [4.69, 9.17) is 14.2 Å². The zero-order valence-electron chi connectivity index (χ0n) is 15.9. The predicted molar refractivity (Wildman–Crippen MR) is 109 cm³/mol. The van der Waals surface area contributed by atoms with Crippen LogP contribution in [0, 0.1) is 0 Å². The van der Waals surface area contributed by atoms with E-state index in [9.17, 15) is 9.59 Å². The molecule has 0 saturated carbocycles. The minimum Gasteiger partial charge on any atom is -0.486 e. The predicted octanol–water partition coefficient (Wildman–Crippen LogP) is 1.65. The van der Waals surface area contributed by atoms with E-state index in [1.54, 1.807) is 29.5 Å². The number of morpholine rings is 1. The fourth-order valence-corrected chi connectivity index (χ4v) is 4.10. The number of carbonyl (C=O) groups is 2. The molecule has 0 unspecified atom stereocenters. The average Bonchev–Trinajstić information content (AvgIpc) is 3.29. The minimum absolute atomic E-state index is 0.0104. The molecule has 2 aliphatic rings. The van der Waals surface area contributed by atoms with Crippen LogP contribution in [-0.4, -0.2) is 62.8 Å². The standard InChI is InChI=1S/C20H23N3O5S/c24-19(20(25)22-15-1-2-17-18(11-15)28-9-8-27-17)21-12-16(14-3-10-29-13-14)23-4-6-26-7-5-23/h1-3,10-11,13,16H,4-9,12H2,(H,21,24)(H,22,25)/t16-/m0/s1. The maximum atomic E-state index is 12.4. The second-order valence-electron chi connectivity index (χ2n) is 6.74. The van der Waals surface area contributed by atoms with Gasteiger partial charge < -0.3 is 24.8 Å². The molecule has 1 fully saturated rings. The van der Waals surface area contributed by atoms with Crippen LogP contribution in [0.3, 0.4) is 0 Å². The van der Waals surface area contributed by atoms with Crippen molar-refractivity contribution >= 4 is 28.8 Å². The lowest BCUT2D eigenvalue weighted by atomic mass is 10.1. The molecule has 1 aromatic carbocycles. The molecule has 0 spiro atoms. The van der Waals surface area contributed by atoms with Crippen LogP contribution in [0.15, 0.2) is 35.0 Å². The van der Waals surface area contributed by atoms with Crippen LogP contribution in [0.5, 0.6) is 11.5 Å². The molecule has 2 amide bonds. The Labute approximate surface area is 172 Å². The highest BCUT2D eigenvalue weighted by atomic mass is 32.1. The third-order valence-corrected chi connectivity index (χ3v) is 5.58. The van der Waals surface area contributed by atoms with Crippen molar-refractivity contribution in [3.05, 3.63) is 40.6 Å². The van der Waals surface area contributed by atoms with Gasteiger partial charge in [0.05, 0.1) is 19.3 Å². The first-order valence-electron chi connectivity index (χ1n) is 9.53. The SMILES string of the molecule is O=C(NC[C@@H](c1ccsc1)N1CCOCC1)C(=O)Nc1ccc2c(c1)OCCO2. The largest absolute Gasteiger partial charge is 0.486 e. The van der Waals surface area contributed by atoms with Crippen molar-refractivity contribution in [2.75, 3.05) is 51.4 Å². The Balaban J connectivity index is 1.35. The van der Waals surface area contributed by atoms with Crippen molar-refractivity contribution in [3.63, 3.8) is 0 Å². The highest BCUT2D eigenvalue weighted by Crippen LogP contribution is 2.32. The van der Waals surface area contributed by atoms with Gasteiger partial charge in [-0.25, -0.2) is 0 Å². The number of benzene rings is 1. The van der Waals surface area contributed by atoms with Crippen molar-refractivity contribution in [1.29, 1.82) is 0 Å². The van der Waals surface area contributed by atoms with Gasteiger partial charge >= 0.3 is 11.8 Å². The number of hydrogen-bond donors (Lipinski definition) is 2. The van der Waals surface area contributed by atoms with E-state index in [-0.39, 0.29) is 6.04 Å². The number of carbonyl (C=O) groups excluding carboxylic acids is 2. The van der Waals surface area contributed by atoms with Gasteiger partial charge in [-0.3, -0.25) is 14.5 Å². The fraction of sp³-hybridized carbons (Fsp3) is 0.400. The van der Waals surface area contributed by atoms with Gasteiger partial charge in [-0.05, 0) is 34.5 Å². The van der Waals surface area contributed by atoms with Crippen LogP contribution >= 0.6 is 11.3 Å². The van der Waals surface area contributed by atoms with Crippen molar-refractivity contribution in [2.45, 2.75) is 6.04 Å². The second kappa shape index (κ2) is 9.25. The summed E-state index contributed by atoms with van der Waals surface area (Å²) in [4.78, 5) is 27.0. The van der Waals surface area contributed by atoms with Crippen molar-refractivity contribution in [3.8, 4) is 11.5 Å². The number of rotatable bonds is 5. The molecule has 4 rings (SSSR count). The van der Waals surface area contributed by atoms with E-state index in [0.29, 0.717) is 50.2 Å². The Morgan fingerprint density at radius 2 is 1.83 bits per heavy atom. The van der Waals surface area contributed by atoms with Gasteiger partial charge in [0.25, 0.3) is 0 Å². The Hall–Kier alpha value is -2.62. The monoisotopic (exact) mass is 417 g/mol. The average molecular weight is 417 g/mol. The van der Waals surface area contributed by atoms with Gasteiger partial charge in [0.2, 0.25) is 0 Å². The summed E-state index contributed by atoms with van der Waals surface area (Å²) >= 11 is 1.61. The van der Waals surface area contributed by atoms with Crippen molar-refractivity contribution in [1.82, 2.24) is 10.2 Å². The lowest BCUT2D eigenvalue weighted by Crippen LogP contribution is -2.45. The second-order valence-corrected chi connectivity index (χ2v) is 7.52. The molecule has 0 radical (unpaired) electrons. The molecular formula is C20H23N3O5S.